The van der Waals surface area contributed by atoms with Gasteiger partial charge in [-0.1, -0.05) is 29.8 Å². The Balaban J connectivity index is 2.74. The van der Waals surface area contributed by atoms with Crippen molar-refractivity contribution in [2.24, 2.45) is 0 Å². The Morgan fingerprint density at radius 1 is 1.45 bits per heavy atom. The highest BCUT2D eigenvalue weighted by Crippen LogP contribution is 2.14. The molecule has 0 saturated carbocycles. The molecule has 3 heteroatoms. The van der Waals surface area contributed by atoms with Crippen LogP contribution in [0, 0.1) is 13.8 Å². The van der Waals surface area contributed by atoms with Gasteiger partial charge in [-0.05, 0) is 38.3 Å². The Morgan fingerprint density at radius 2 is 2.20 bits per heavy atom. The third kappa shape index (κ3) is 5.57. The number of benzene rings is 1. The van der Waals surface area contributed by atoms with Crippen LogP contribution in [0.3, 0.4) is 0 Å². The first-order chi connectivity index (χ1) is 9.56. The van der Waals surface area contributed by atoms with E-state index in [1.165, 1.54) is 16.7 Å². The largest absolute Gasteiger partial charge is 0.466 e. The highest BCUT2D eigenvalue weighted by Gasteiger charge is 2.15. The van der Waals surface area contributed by atoms with Gasteiger partial charge in [-0.15, -0.1) is 6.58 Å². The molecule has 1 rings (SSSR count). The number of esters is 1. The maximum absolute atomic E-state index is 11.7. The fraction of sp³-hybridized carbons (Fsp3) is 0.471. The minimum absolute atomic E-state index is 0.0764. The highest BCUT2D eigenvalue weighted by atomic mass is 16.5. The predicted octanol–water partition coefficient (Wildman–Crippen LogP) is 2.94. The molecule has 0 aromatic heterocycles. The molecule has 1 atom stereocenters. The second-order valence-corrected chi connectivity index (χ2v) is 5.04. The number of hydrogen-bond acceptors (Lipinski definition) is 3. The van der Waals surface area contributed by atoms with Gasteiger partial charge in [-0.2, -0.15) is 0 Å². The second-order valence-electron chi connectivity index (χ2n) is 5.04. The first-order valence-corrected chi connectivity index (χ1v) is 7.12. The van der Waals surface area contributed by atoms with E-state index in [0.717, 1.165) is 6.42 Å². The van der Waals surface area contributed by atoms with Gasteiger partial charge >= 0.3 is 5.97 Å². The maximum atomic E-state index is 11.7. The summed E-state index contributed by atoms with van der Waals surface area (Å²) in [7, 11) is 0. The SMILES string of the molecule is C=CCNC(CC(=O)OCC)Cc1cc(C)ccc1C. The zero-order valence-corrected chi connectivity index (χ0v) is 12.7. The molecular weight excluding hydrogens is 250 g/mol. The third-order valence-corrected chi connectivity index (χ3v) is 3.24. The average molecular weight is 275 g/mol. The molecule has 0 heterocycles. The van der Waals surface area contributed by atoms with Crippen molar-refractivity contribution in [3.05, 3.63) is 47.5 Å². The molecule has 110 valence electrons. The van der Waals surface area contributed by atoms with Crippen molar-refractivity contribution in [2.45, 2.75) is 39.7 Å². The maximum Gasteiger partial charge on any atom is 0.307 e. The van der Waals surface area contributed by atoms with E-state index < -0.39 is 0 Å². The molecule has 0 bridgehead atoms. The van der Waals surface area contributed by atoms with Gasteiger partial charge in [0, 0.05) is 12.6 Å². The lowest BCUT2D eigenvalue weighted by molar-refractivity contribution is -0.143. The van der Waals surface area contributed by atoms with Crippen LogP contribution >= 0.6 is 0 Å². The Morgan fingerprint density at radius 3 is 2.85 bits per heavy atom. The molecule has 20 heavy (non-hydrogen) atoms. The highest BCUT2D eigenvalue weighted by molar-refractivity contribution is 5.70. The second kappa shape index (κ2) is 8.54. The van der Waals surface area contributed by atoms with Crippen molar-refractivity contribution in [1.29, 1.82) is 0 Å². The lowest BCUT2D eigenvalue weighted by Crippen LogP contribution is -2.34. The molecular formula is C17H25NO2. The zero-order chi connectivity index (χ0) is 15.0. The molecule has 0 fully saturated rings. The summed E-state index contributed by atoms with van der Waals surface area (Å²) < 4.78 is 5.04. The topological polar surface area (TPSA) is 38.3 Å². The number of ether oxygens (including phenoxy) is 1. The number of hydrogen-bond donors (Lipinski definition) is 1. The fourth-order valence-corrected chi connectivity index (χ4v) is 2.17. The summed E-state index contributed by atoms with van der Waals surface area (Å²) in [6.07, 6.45) is 3.01. The Hall–Kier alpha value is -1.61. The van der Waals surface area contributed by atoms with Crippen molar-refractivity contribution in [3.8, 4) is 0 Å². The first kappa shape index (κ1) is 16.4. The molecule has 3 nitrogen and oxygen atoms in total. The molecule has 0 amide bonds. The van der Waals surface area contributed by atoms with Crippen molar-refractivity contribution in [1.82, 2.24) is 5.32 Å². The Bertz CT molecular complexity index is 454. The van der Waals surface area contributed by atoms with Crippen LogP contribution in [-0.2, 0) is 16.0 Å². The van der Waals surface area contributed by atoms with Crippen molar-refractivity contribution >= 4 is 5.97 Å². The molecule has 1 unspecified atom stereocenters. The van der Waals surface area contributed by atoms with Crippen LogP contribution < -0.4 is 5.32 Å². The smallest absolute Gasteiger partial charge is 0.307 e. The molecule has 0 aliphatic carbocycles. The lowest BCUT2D eigenvalue weighted by atomic mass is 9.97. The quantitative estimate of drug-likeness (QED) is 0.585. The monoisotopic (exact) mass is 275 g/mol. The van der Waals surface area contributed by atoms with Gasteiger partial charge in [-0.25, -0.2) is 0 Å². The van der Waals surface area contributed by atoms with Crippen LogP contribution in [0.1, 0.15) is 30.0 Å². The number of aryl methyl sites for hydroxylation is 2. The molecule has 1 aromatic carbocycles. The summed E-state index contributed by atoms with van der Waals surface area (Å²) in [5.74, 6) is -0.153. The van der Waals surface area contributed by atoms with E-state index in [-0.39, 0.29) is 12.0 Å². The van der Waals surface area contributed by atoms with Crippen molar-refractivity contribution in [3.63, 3.8) is 0 Å². The van der Waals surface area contributed by atoms with Crippen LogP contribution in [0.4, 0.5) is 0 Å². The zero-order valence-electron chi connectivity index (χ0n) is 12.7. The minimum Gasteiger partial charge on any atom is -0.466 e. The summed E-state index contributed by atoms with van der Waals surface area (Å²) in [4.78, 5) is 11.7. The van der Waals surface area contributed by atoms with E-state index in [9.17, 15) is 4.79 Å². The molecule has 1 aromatic rings. The molecule has 0 aliphatic rings. The first-order valence-electron chi connectivity index (χ1n) is 7.12. The summed E-state index contributed by atoms with van der Waals surface area (Å²) in [5, 5.41) is 3.34. The number of rotatable bonds is 8. The summed E-state index contributed by atoms with van der Waals surface area (Å²) in [6, 6.07) is 6.49. The normalized spacial score (nSPS) is 11.9. The van der Waals surface area contributed by atoms with Gasteiger partial charge in [0.2, 0.25) is 0 Å². The summed E-state index contributed by atoms with van der Waals surface area (Å²) in [6.45, 7) is 10.8. The van der Waals surface area contributed by atoms with Gasteiger partial charge in [-0.3, -0.25) is 4.79 Å². The van der Waals surface area contributed by atoms with Crippen LogP contribution in [0.15, 0.2) is 30.9 Å². The van der Waals surface area contributed by atoms with Crippen LogP contribution in [0.5, 0.6) is 0 Å². The molecule has 0 radical (unpaired) electrons. The number of nitrogens with one attached hydrogen (secondary N) is 1. The summed E-state index contributed by atoms with van der Waals surface area (Å²) >= 11 is 0. The van der Waals surface area contributed by atoms with Crippen molar-refractivity contribution < 1.29 is 9.53 Å². The van der Waals surface area contributed by atoms with Crippen LogP contribution in [0.25, 0.3) is 0 Å². The van der Waals surface area contributed by atoms with Gasteiger partial charge in [0.05, 0.1) is 13.0 Å². The average Bonchev–Trinajstić information content (AvgIpc) is 2.40. The van der Waals surface area contributed by atoms with Gasteiger partial charge in [0.25, 0.3) is 0 Å². The molecule has 1 N–H and O–H groups in total. The molecule has 0 saturated heterocycles. The molecule has 0 aliphatic heterocycles. The van der Waals surface area contributed by atoms with Gasteiger partial charge in [0.15, 0.2) is 0 Å². The number of carbonyl (C=O) groups is 1. The van der Waals surface area contributed by atoms with Gasteiger partial charge in [0.1, 0.15) is 0 Å². The van der Waals surface area contributed by atoms with E-state index in [1.54, 1.807) is 6.08 Å². The van der Waals surface area contributed by atoms with E-state index in [2.05, 4.69) is 43.9 Å². The van der Waals surface area contributed by atoms with Crippen LogP contribution in [0.2, 0.25) is 0 Å². The summed E-state index contributed by atoms with van der Waals surface area (Å²) in [5.41, 5.74) is 3.77. The van der Waals surface area contributed by atoms with E-state index in [4.69, 9.17) is 4.74 Å². The van der Waals surface area contributed by atoms with Gasteiger partial charge < -0.3 is 10.1 Å². The van der Waals surface area contributed by atoms with Crippen LogP contribution in [-0.4, -0.2) is 25.2 Å². The standard InChI is InChI=1S/C17H25NO2/c1-5-9-18-16(12-17(19)20-6-2)11-15-10-13(3)7-8-14(15)4/h5,7-8,10,16,18H,1,6,9,11-12H2,2-4H3. The lowest BCUT2D eigenvalue weighted by Gasteiger charge is -2.18. The third-order valence-electron chi connectivity index (χ3n) is 3.24. The van der Waals surface area contributed by atoms with E-state index in [1.807, 2.05) is 6.92 Å². The van der Waals surface area contributed by atoms with E-state index in [0.29, 0.717) is 19.6 Å². The number of carbonyl (C=O) groups excluding carboxylic acids is 1. The Labute approximate surface area is 122 Å². The Kier molecular flexibility index (Phi) is 7.02. The molecule has 0 spiro atoms. The predicted molar refractivity (Wildman–Crippen MR) is 82.9 cm³/mol. The minimum atomic E-state index is -0.153. The fourth-order valence-electron chi connectivity index (χ4n) is 2.17. The van der Waals surface area contributed by atoms with E-state index >= 15 is 0 Å². The van der Waals surface area contributed by atoms with Crippen molar-refractivity contribution in [2.75, 3.05) is 13.2 Å².